The molecule has 0 fully saturated rings. The SMILES string of the molecule is CCC(CC(C)O)CC(O)C(C)CC. The number of aliphatic hydroxyl groups excluding tert-OH is 2. The molecular weight excluding hydrogens is 176 g/mol. The summed E-state index contributed by atoms with van der Waals surface area (Å²) in [6, 6.07) is 0. The summed E-state index contributed by atoms with van der Waals surface area (Å²) >= 11 is 0. The monoisotopic (exact) mass is 202 g/mol. The minimum atomic E-state index is -0.246. The van der Waals surface area contributed by atoms with Gasteiger partial charge in [0, 0.05) is 0 Å². The number of rotatable bonds is 7. The Morgan fingerprint density at radius 2 is 1.50 bits per heavy atom. The fourth-order valence-corrected chi connectivity index (χ4v) is 1.76. The summed E-state index contributed by atoms with van der Waals surface area (Å²) in [6.45, 7) is 8.12. The smallest absolute Gasteiger partial charge is 0.0568 e. The van der Waals surface area contributed by atoms with Gasteiger partial charge in [-0.15, -0.1) is 0 Å². The van der Waals surface area contributed by atoms with Crippen molar-refractivity contribution in [2.45, 2.75) is 65.6 Å². The Morgan fingerprint density at radius 3 is 1.86 bits per heavy atom. The first-order valence-corrected chi connectivity index (χ1v) is 5.87. The van der Waals surface area contributed by atoms with Crippen molar-refractivity contribution >= 4 is 0 Å². The van der Waals surface area contributed by atoms with Crippen LogP contribution in [0.2, 0.25) is 0 Å². The summed E-state index contributed by atoms with van der Waals surface area (Å²) < 4.78 is 0. The minimum absolute atomic E-state index is 0.205. The van der Waals surface area contributed by atoms with E-state index in [0.29, 0.717) is 11.8 Å². The van der Waals surface area contributed by atoms with Crippen molar-refractivity contribution in [2.24, 2.45) is 11.8 Å². The second-order valence-corrected chi connectivity index (χ2v) is 4.55. The normalized spacial score (nSPS) is 20.1. The van der Waals surface area contributed by atoms with E-state index < -0.39 is 0 Å². The molecule has 0 saturated heterocycles. The van der Waals surface area contributed by atoms with Crippen molar-refractivity contribution in [3.63, 3.8) is 0 Å². The van der Waals surface area contributed by atoms with Crippen LogP contribution in [-0.4, -0.2) is 22.4 Å². The molecule has 0 spiro atoms. The molecule has 0 aliphatic heterocycles. The summed E-state index contributed by atoms with van der Waals surface area (Å²) in [7, 11) is 0. The minimum Gasteiger partial charge on any atom is -0.393 e. The van der Waals surface area contributed by atoms with E-state index in [1.807, 2.05) is 6.92 Å². The topological polar surface area (TPSA) is 40.5 Å². The summed E-state index contributed by atoms with van der Waals surface area (Å²) in [6.07, 6.45) is 3.25. The van der Waals surface area contributed by atoms with Gasteiger partial charge in [-0.3, -0.25) is 0 Å². The van der Waals surface area contributed by atoms with Crippen LogP contribution in [0.25, 0.3) is 0 Å². The van der Waals surface area contributed by atoms with Crippen molar-refractivity contribution in [1.82, 2.24) is 0 Å². The molecule has 0 aliphatic rings. The van der Waals surface area contributed by atoms with Crippen LogP contribution in [-0.2, 0) is 0 Å². The Hall–Kier alpha value is -0.0800. The van der Waals surface area contributed by atoms with Gasteiger partial charge in [-0.25, -0.2) is 0 Å². The van der Waals surface area contributed by atoms with Crippen LogP contribution in [0, 0.1) is 11.8 Å². The molecule has 0 saturated carbocycles. The Kier molecular flexibility index (Phi) is 7.20. The van der Waals surface area contributed by atoms with Gasteiger partial charge in [-0.1, -0.05) is 33.6 Å². The highest BCUT2D eigenvalue weighted by Crippen LogP contribution is 2.22. The Bertz CT molecular complexity index is 134. The second-order valence-electron chi connectivity index (χ2n) is 4.55. The van der Waals surface area contributed by atoms with Crippen LogP contribution in [0.5, 0.6) is 0 Å². The van der Waals surface area contributed by atoms with E-state index in [1.54, 1.807) is 0 Å². The molecule has 2 heteroatoms. The molecule has 0 aromatic rings. The van der Waals surface area contributed by atoms with Gasteiger partial charge >= 0.3 is 0 Å². The van der Waals surface area contributed by atoms with E-state index in [1.165, 1.54) is 0 Å². The highest BCUT2D eigenvalue weighted by Gasteiger charge is 2.18. The third kappa shape index (κ3) is 5.61. The van der Waals surface area contributed by atoms with E-state index >= 15 is 0 Å². The van der Waals surface area contributed by atoms with Crippen LogP contribution in [0.1, 0.15) is 53.4 Å². The summed E-state index contributed by atoms with van der Waals surface area (Å²) in [5.41, 5.74) is 0. The van der Waals surface area contributed by atoms with Gasteiger partial charge in [0.05, 0.1) is 12.2 Å². The average molecular weight is 202 g/mol. The highest BCUT2D eigenvalue weighted by molar-refractivity contribution is 4.70. The fraction of sp³-hybridized carbons (Fsp3) is 1.00. The van der Waals surface area contributed by atoms with Crippen molar-refractivity contribution in [3.05, 3.63) is 0 Å². The summed E-state index contributed by atoms with van der Waals surface area (Å²) in [4.78, 5) is 0. The van der Waals surface area contributed by atoms with Crippen molar-refractivity contribution in [1.29, 1.82) is 0 Å². The lowest BCUT2D eigenvalue weighted by Crippen LogP contribution is -2.22. The van der Waals surface area contributed by atoms with Crippen LogP contribution in [0.3, 0.4) is 0 Å². The Balaban J connectivity index is 3.91. The molecular formula is C12H26O2. The maximum Gasteiger partial charge on any atom is 0.0568 e. The number of hydrogen-bond donors (Lipinski definition) is 2. The molecule has 0 bridgehead atoms. The molecule has 2 N–H and O–H groups in total. The summed E-state index contributed by atoms with van der Waals surface area (Å²) in [5, 5.41) is 19.1. The molecule has 0 aromatic carbocycles. The quantitative estimate of drug-likeness (QED) is 0.666. The Labute approximate surface area is 88.3 Å². The van der Waals surface area contributed by atoms with Gasteiger partial charge in [-0.05, 0) is 31.6 Å². The number of aliphatic hydroxyl groups is 2. The first kappa shape index (κ1) is 13.9. The van der Waals surface area contributed by atoms with Crippen LogP contribution in [0.4, 0.5) is 0 Å². The Morgan fingerprint density at radius 1 is 0.929 bits per heavy atom. The zero-order valence-corrected chi connectivity index (χ0v) is 10.0. The predicted octanol–water partition coefficient (Wildman–Crippen LogP) is 2.58. The number of hydrogen-bond acceptors (Lipinski definition) is 2. The van der Waals surface area contributed by atoms with Gasteiger partial charge in [0.25, 0.3) is 0 Å². The first-order chi connectivity index (χ1) is 6.51. The van der Waals surface area contributed by atoms with E-state index in [0.717, 1.165) is 25.7 Å². The van der Waals surface area contributed by atoms with Crippen LogP contribution < -0.4 is 0 Å². The molecule has 4 unspecified atom stereocenters. The maximum atomic E-state index is 9.85. The highest BCUT2D eigenvalue weighted by atomic mass is 16.3. The molecule has 0 aliphatic carbocycles. The van der Waals surface area contributed by atoms with E-state index in [2.05, 4.69) is 20.8 Å². The van der Waals surface area contributed by atoms with Gasteiger partial charge in [-0.2, -0.15) is 0 Å². The zero-order chi connectivity index (χ0) is 11.1. The summed E-state index contributed by atoms with van der Waals surface area (Å²) in [5.74, 6) is 0.831. The van der Waals surface area contributed by atoms with E-state index in [9.17, 15) is 10.2 Å². The molecule has 2 nitrogen and oxygen atoms in total. The van der Waals surface area contributed by atoms with Gasteiger partial charge in [0.1, 0.15) is 0 Å². The van der Waals surface area contributed by atoms with Gasteiger partial charge in [0.15, 0.2) is 0 Å². The molecule has 14 heavy (non-hydrogen) atoms. The third-order valence-electron chi connectivity index (χ3n) is 3.13. The van der Waals surface area contributed by atoms with Gasteiger partial charge in [0.2, 0.25) is 0 Å². The largest absolute Gasteiger partial charge is 0.393 e. The molecule has 0 aromatic heterocycles. The predicted molar refractivity (Wildman–Crippen MR) is 60.2 cm³/mol. The zero-order valence-electron chi connectivity index (χ0n) is 10.0. The lowest BCUT2D eigenvalue weighted by atomic mass is 9.88. The molecule has 0 radical (unpaired) electrons. The fourth-order valence-electron chi connectivity index (χ4n) is 1.76. The van der Waals surface area contributed by atoms with E-state index in [4.69, 9.17) is 0 Å². The van der Waals surface area contributed by atoms with Crippen LogP contribution >= 0.6 is 0 Å². The van der Waals surface area contributed by atoms with Crippen molar-refractivity contribution in [2.75, 3.05) is 0 Å². The lowest BCUT2D eigenvalue weighted by Gasteiger charge is -2.23. The average Bonchev–Trinajstić information content (AvgIpc) is 2.14. The molecule has 0 rings (SSSR count). The standard InChI is InChI=1S/C12H26O2/c1-5-9(3)12(14)8-11(6-2)7-10(4)13/h9-14H,5-8H2,1-4H3. The lowest BCUT2D eigenvalue weighted by molar-refractivity contribution is 0.0715. The molecule has 0 heterocycles. The molecule has 86 valence electrons. The second kappa shape index (κ2) is 7.24. The third-order valence-corrected chi connectivity index (χ3v) is 3.13. The first-order valence-electron chi connectivity index (χ1n) is 5.87. The maximum absolute atomic E-state index is 9.85. The van der Waals surface area contributed by atoms with Gasteiger partial charge < -0.3 is 10.2 Å². The van der Waals surface area contributed by atoms with E-state index in [-0.39, 0.29) is 12.2 Å². The molecule has 0 amide bonds. The van der Waals surface area contributed by atoms with Crippen LogP contribution in [0.15, 0.2) is 0 Å². The molecule has 4 atom stereocenters. The van der Waals surface area contributed by atoms with Crippen molar-refractivity contribution in [3.8, 4) is 0 Å². The van der Waals surface area contributed by atoms with Crippen molar-refractivity contribution < 1.29 is 10.2 Å².